The van der Waals surface area contributed by atoms with Crippen molar-refractivity contribution in [2.24, 2.45) is 0 Å². The van der Waals surface area contributed by atoms with Gasteiger partial charge >= 0.3 is 0 Å². The van der Waals surface area contributed by atoms with Crippen LogP contribution in [0.5, 0.6) is 5.75 Å². The average molecular weight is 283 g/mol. The van der Waals surface area contributed by atoms with Crippen molar-refractivity contribution in [2.45, 2.75) is 39.8 Å². The second kappa shape index (κ2) is 8.33. The van der Waals surface area contributed by atoms with Gasteiger partial charge in [0.05, 0.1) is 6.10 Å². The van der Waals surface area contributed by atoms with Gasteiger partial charge in [0, 0.05) is 28.3 Å². The lowest BCUT2D eigenvalue weighted by molar-refractivity contribution is 0.242. The van der Waals surface area contributed by atoms with Crippen molar-refractivity contribution in [3.8, 4) is 5.75 Å². The van der Waals surface area contributed by atoms with Crippen LogP contribution in [0.25, 0.3) is 0 Å². The summed E-state index contributed by atoms with van der Waals surface area (Å²) in [5, 5.41) is 3.39. The Kier molecular flexibility index (Phi) is 7.10. The molecule has 0 aliphatic heterocycles. The first-order valence-electron chi connectivity index (χ1n) is 6.91. The number of ether oxygens (including phenoxy) is 1. The van der Waals surface area contributed by atoms with E-state index in [9.17, 15) is 4.21 Å². The second-order valence-electron chi connectivity index (χ2n) is 4.74. The topological polar surface area (TPSA) is 38.3 Å². The third-order valence-electron chi connectivity index (χ3n) is 2.78. The molecule has 0 saturated carbocycles. The van der Waals surface area contributed by atoms with Gasteiger partial charge in [0.15, 0.2) is 0 Å². The molecule has 0 amide bonds. The summed E-state index contributed by atoms with van der Waals surface area (Å²) in [6, 6.07) is 8.22. The Morgan fingerprint density at radius 2 is 1.84 bits per heavy atom. The second-order valence-corrected chi connectivity index (χ2v) is 6.53. The first-order chi connectivity index (χ1) is 9.06. The van der Waals surface area contributed by atoms with Crippen LogP contribution in [0.1, 0.15) is 39.3 Å². The summed E-state index contributed by atoms with van der Waals surface area (Å²) in [6.07, 6.45) is 0.183. The summed E-state index contributed by atoms with van der Waals surface area (Å²) in [4.78, 5) is 0. The number of hydrogen-bond donors (Lipinski definition) is 1. The van der Waals surface area contributed by atoms with E-state index in [0.29, 0.717) is 11.5 Å². The number of hydrogen-bond acceptors (Lipinski definition) is 3. The predicted molar refractivity (Wildman–Crippen MR) is 82.2 cm³/mol. The molecule has 0 radical (unpaired) electrons. The van der Waals surface area contributed by atoms with Crippen molar-refractivity contribution in [3.63, 3.8) is 0 Å². The van der Waals surface area contributed by atoms with Gasteiger partial charge in [-0.3, -0.25) is 4.21 Å². The molecule has 0 heterocycles. The molecular weight excluding hydrogens is 258 g/mol. The van der Waals surface area contributed by atoms with Gasteiger partial charge in [0.2, 0.25) is 0 Å². The van der Waals surface area contributed by atoms with Gasteiger partial charge in [-0.15, -0.1) is 0 Å². The summed E-state index contributed by atoms with van der Waals surface area (Å²) in [7, 11) is -0.767. The van der Waals surface area contributed by atoms with Gasteiger partial charge in [0.25, 0.3) is 0 Å². The minimum Gasteiger partial charge on any atom is -0.491 e. The van der Waals surface area contributed by atoms with Crippen LogP contribution in [0, 0.1) is 0 Å². The molecule has 108 valence electrons. The van der Waals surface area contributed by atoms with E-state index in [4.69, 9.17) is 4.74 Å². The van der Waals surface area contributed by atoms with E-state index >= 15 is 0 Å². The van der Waals surface area contributed by atoms with Crippen LogP contribution < -0.4 is 10.1 Å². The van der Waals surface area contributed by atoms with E-state index in [-0.39, 0.29) is 12.1 Å². The van der Waals surface area contributed by atoms with Crippen molar-refractivity contribution in [1.82, 2.24) is 5.32 Å². The molecule has 0 bridgehead atoms. The van der Waals surface area contributed by atoms with E-state index < -0.39 is 10.8 Å². The van der Waals surface area contributed by atoms with Gasteiger partial charge in [-0.1, -0.05) is 26.0 Å². The molecule has 0 saturated heterocycles. The van der Waals surface area contributed by atoms with Crippen molar-refractivity contribution in [3.05, 3.63) is 29.8 Å². The summed E-state index contributed by atoms with van der Waals surface area (Å²) in [5.74, 6) is 2.25. The Morgan fingerprint density at radius 1 is 1.21 bits per heavy atom. The third kappa shape index (κ3) is 5.74. The molecule has 2 unspecified atom stereocenters. The fraction of sp³-hybridized carbons (Fsp3) is 0.600. The Balaban J connectivity index is 2.76. The molecule has 1 N–H and O–H groups in total. The zero-order chi connectivity index (χ0) is 14.3. The molecule has 0 aliphatic rings. The van der Waals surface area contributed by atoms with Crippen molar-refractivity contribution in [1.29, 1.82) is 0 Å². The lowest BCUT2D eigenvalue weighted by Gasteiger charge is -2.18. The summed E-state index contributed by atoms with van der Waals surface area (Å²) in [5.41, 5.74) is 1.17. The highest BCUT2D eigenvalue weighted by Gasteiger charge is 2.13. The lowest BCUT2D eigenvalue weighted by Crippen LogP contribution is -2.26. The largest absolute Gasteiger partial charge is 0.491 e. The van der Waals surface area contributed by atoms with E-state index in [0.717, 1.165) is 12.3 Å². The lowest BCUT2D eigenvalue weighted by atomic mass is 10.1. The molecule has 19 heavy (non-hydrogen) atoms. The third-order valence-corrected chi connectivity index (χ3v) is 4.13. The SMILES string of the molecule is CCNC(CS(=O)CC)c1ccc(OC(C)C)cc1. The maximum absolute atomic E-state index is 11.7. The van der Waals surface area contributed by atoms with Gasteiger partial charge in [-0.05, 0) is 38.1 Å². The van der Waals surface area contributed by atoms with Gasteiger partial charge in [-0.25, -0.2) is 0 Å². The minimum absolute atomic E-state index is 0.152. The van der Waals surface area contributed by atoms with E-state index in [1.54, 1.807) is 0 Å². The minimum atomic E-state index is -0.767. The molecule has 0 aliphatic carbocycles. The van der Waals surface area contributed by atoms with Gasteiger partial charge < -0.3 is 10.1 Å². The quantitative estimate of drug-likeness (QED) is 0.797. The molecule has 0 fully saturated rings. The molecular formula is C15H25NO2S. The summed E-state index contributed by atoms with van der Waals surface area (Å²) >= 11 is 0. The Hall–Kier alpha value is -0.870. The first-order valence-corrected chi connectivity index (χ1v) is 8.40. The van der Waals surface area contributed by atoms with Crippen molar-refractivity contribution >= 4 is 10.8 Å². The molecule has 1 aromatic rings. The molecule has 4 heteroatoms. The predicted octanol–water partition coefficient (Wildman–Crippen LogP) is 2.89. The van der Waals surface area contributed by atoms with Crippen LogP contribution in [0.2, 0.25) is 0 Å². The van der Waals surface area contributed by atoms with E-state index in [1.165, 1.54) is 5.56 Å². The first kappa shape index (κ1) is 16.2. The molecule has 1 rings (SSSR count). The fourth-order valence-electron chi connectivity index (χ4n) is 1.87. The number of nitrogens with one attached hydrogen (secondary N) is 1. The Bertz CT molecular complexity index is 390. The molecule has 3 nitrogen and oxygen atoms in total. The molecule has 1 aromatic carbocycles. The van der Waals surface area contributed by atoms with Crippen LogP contribution in [0.15, 0.2) is 24.3 Å². The Labute approximate surface area is 119 Å². The van der Waals surface area contributed by atoms with Crippen molar-refractivity contribution in [2.75, 3.05) is 18.1 Å². The van der Waals surface area contributed by atoms with Gasteiger partial charge in [0.1, 0.15) is 5.75 Å². The maximum Gasteiger partial charge on any atom is 0.119 e. The van der Waals surface area contributed by atoms with Crippen LogP contribution >= 0.6 is 0 Å². The monoisotopic (exact) mass is 283 g/mol. The van der Waals surface area contributed by atoms with Crippen LogP contribution in [0.4, 0.5) is 0 Å². The summed E-state index contributed by atoms with van der Waals surface area (Å²) in [6.45, 7) is 8.92. The van der Waals surface area contributed by atoms with Crippen LogP contribution in [-0.4, -0.2) is 28.4 Å². The van der Waals surface area contributed by atoms with Crippen molar-refractivity contribution < 1.29 is 8.95 Å². The molecule has 0 aromatic heterocycles. The molecule has 2 atom stereocenters. The normalized spacial score (nSPS) is 14.4. The highest BCUT2D eigenvalue weighted by Crippen LogP contribution is 2.19. The van der Waals surface area contributed by atoms with E-state index in [1.807, 2.05) is 32.9 Å². The fourth-order valence-corrected chi connectivity index (χ4v) is 2.79. The molecule has 0 spiro atoms. The smallest absolute Gasteiger partial charge is 0.119 e. The highest BCUT2D eigenvalue weighted by molar-refractivity contribution is 7.84. The van der Waals surface area contributed by atoms with Crippen LogP contribution in [-0.2, 0) is 10.8 Å². The van der Waals surface area contributed by atoms with Gasteiger partial charge in [-0.2, -0.15) is 0 Å². The maximum atomic E-state index is 11.7. The zero-order valence-electron chi connectivity index (χ0n) is 12.3. The Morgan fingerprint density at radius 3 is 2.32 bits per heavy atom. The standard InChI is InChI=1S/C15H25NO2S/c1-5-16-15(11-19(17)6-2)13-7-9-14(10-8-13)18-12(3)4/h7-10,12,15-16H,5-6,11H2,1-4H3. The number of rotatable bonds is 8. The number of benzene rings is 1. The highest BCUT2D eigenvalue weighted by atomic mass is 32.2. The van der Waals surface area contributed by atoms with E-state index in [2.05, 4.69) is 24.4 Å². The van der Waals surface area contributed by atoms with Crippen LogP contribution in [0.3, 0.4) is 0 Å². The average Bonchev–Trinajstić information content (AvgIpc) is 2.38. The summed E-state index contributed by atoms with van der Waals surface area (Å²) < 4.78 is 17.4. The zero-order valence-corrected chi connectivity index (χ0v) is 13.1.